The van der Waals surface area contributed by atoms with E-state index in [4.69, 9.17) is 4.65 Å². The Bertz CT molecular complexity index is 320. The predicted molar refractivity (Wildman–Crippen MR) is 47.6 cm³/mol. The summed E-state index contributed by atoms with van der Waals surface area (Å²) in [7, 11) is 1.69. The van der Waals surface area contributed by atoms with Crippen molar-refractivity contribution in [3.05, 3.63) is 23.8 Å². The molecule has 0 atom stereocenters. The van der Waals surface area contributed by atoms with E-state index in [0.29, 0.717) is 5.75 Å². The Hall–Kier alpha value is -0.955. The maximum Gasteiger partial charge on any atom is 0.331 e. The predicted octanol–water partition coefficient (Wildman–Crippen LogP) is 0.902. The zero-order valence-corrected chi connectivity index (χ0v) is 7.16. The van der Waals surface area contributed by atoms with E-state index in [0.717, 1.165) is 11.0 Å². The molecule has 0 fully saturated rings. The van der Waals surface area contributed by atoms with Crippen molar-refractivity contribution < 1.29 is 9.76 Å². The molecule has 2 nitrogen and oxygen atoms in total. The van der Waals surface area contributed by atoms with Crippen LogP contribution < -0.4 is 5.46 Å². The van der Waals surface area contributed by atoms with Crippen molar-refractivity contribution >= 4 is 12.9 Å². The Morgan fingerprint density at radius 3 is 2.83 bits per heavy atom. The maximum atomic E-state index is 9.57. The van der Waals surface area contributed by atoms with Crippen LogP contribution in [-0.2, 0) is 10.3 Å². The van der Waals surface area contributed by atoms with Crippen LogP contribution in [0.3, 0.4) is 0 Å². The molecule has 1 N–H and O–H groups in total. The van der Waals surface area contributed by atoms with E-state index in [9.17, 15) is 5.11 Å². The molecule has 1 aromatic carbocycles. The summed E-state index contributed by atoms with van der Waals surface area (Å²) in [5.41, 5.74) is 1.46. The number of phenolic OH excluding ortho intramolecular Hbond substituents is 1. The molecular formula is C9H10BO2. The van der Waals surface area contributed by atoms with Crippen molar-refractivity contribution in [3.8, 4) is 5.75 Å². The van der Waals surface area contributed by atoms with Crippen molar-refractivity contribution in [3.63, 3.8) is 0 Å². The summed E-state index contributed by atoms with van der Waals surface area (Å²) >= 11 is 0. The minimum Gasteiger partial charge on any atom is -0.508 e. The number of phenols is 1. The molecule has 3 heteroatoms. The van der Waals surface area contributed by atoms with Gasteiger partial charge in [-0.1, -0.05) is 12.1 Å². The second-order valence-corrected chi connectivity index (χ2v) is 3.49. The summed E-state index contributed by atoms with van der Waals surface area (Å²) in [4.78, 5) is 0. The molecule has 1 radical (unpaired) electrons. The van der Waals surface area contributed by atoms with Gasteiger partial charge in [0, 0.05) is 5.56 Å². The van der Waals surface area contributed by atoms with Crippen LogP contribution in [0.4, 0.5) is 0 Å². The first-order chi connectivity index (χ1) is 5.61. The minimum atomic E-state index is -0.388. The number of aromatic hydroxyl groups is 1. The van der Waals surface area contributed by atoms with Gasteiger partial charge in [0.05, 0.1) is 5.60 Å². The van der Waals surface area contributed by atoms with Gasteiger partial charge in [-0.05, 0) is 25.4 Å². The lowest BCUT2D eigenvalue weighted by atomic mass is 9.84. The van der Waals surface area contributed by atoms with Crippen LogP contribution >= 0.6 is 0 Å². The Labute approximate surface area is 72.5 Å². The fourth-order valence-corrected chi connectivity index (χ4v) is 1.58. The highest BCUT2D eigenvalue weighted by molar-refractivity contribution is 6.49. The van der Waals surface area contributed by atoms with Crippen LogP contribution in [0.15, 0.2) is 18.2 Å². The minimum absolute atomic E-state index is 0.311. The standard InChI is InChI=1S/C9H10BO2/c1-9(2)8-6(10-12-9)4-3-5-7(8)11/h3-5,11H,1-2H3. The Balaban J connectivity index is 2.64. The Morgan fingerprint density at radius 1 is 1.42 bits per heavy atom. The molecule has 0 aromatic heterocycles. The van der Waals surface area contributed by atoms with Crippen molar-refractivity contribution in [2.24, 2.45) is 0 Å². The monoisotopic (exact) mass is 161 g/mol. The fourth-order valence-electron chi connectivity index (χ4n) is 1.58. The molecule has 1 aliphatic heterocycles. The summed E-state index contributed by atoms with van der Waals surface area (Å²) < 4.78 is 5.41. The quantitative estimate of drug-likeness (QED) is 0.572. The van der Waals surface area contributed by atoms with Gasteiger partial charge in [0.2, 0.25) is 0 Å². The van der Waals surface area contributed by atoms with E-state index in [2.05, 4.69) is 0 Å². The second kappa shape index (κ2) is 2.27. The highest BCUT2D eigenvalue weighted by Crippen LogP contribution is 2.33. The van der Waals surface area contributed by atoms with Gasteiger partial charge in [-0.3, -0.25) is 0 Å². The molecule has 0 amide bonds. The van der Waals surface area contributed by atoms with E-state index in [1.54, 1.807) is 13.5 Å². The SMILES string of the molecule is CC1(C)O[B]c2cccc(O)c21. The van der Waals surface area contributed by atoms with Crippen LogP contribution in [0.2, 0.25) is 0 Å². The van der Waals surface area contributed by atoms with E-state index in [1.807, 2.05) is 26.0 Å². The zero-order chi connectivity index (χ0) is 8.77. The first kappa shape index (κ1) is 7.68. The number of benzene rings is 1. The van der Waals surface area contributed by atoms with Gasteiger partial charge in [-0.15, -0.1) is 0 Å². The average molecular weight is 161 g/mol. The number of fused-ring (bicyclic) bond motifs is 1. The summed E-state index contributed by atoms with van der Waals surface area (Å²) in [5, 5.41) is 9.57. The van der Waals surface area contributed by atoms with Gasteiger partial charge in [-0.25, -0.2) is 0 Å². The topological polar surface area (TPSA) is 29.5 Å². The molecule has 0 spiro atoms. The lowest BCUT2D eigenvalue weighted by Crippen LogP contribution is -2.16. The Kier molecular flexibility index (Phi) is 1.45. The second-order valence-electron chi connectivity index (χ2n) is 3.49. The summed E-state index contributed by atoms with van der Waals surface area (Å²) in [5.74, 6) is 0.311. The summed E-state index contributed by atoms with van der Waals surface area (Å²) in [6.45, 7) is 3.88. The summed E-state index contributed by atoms with van der Waals surface area (Å²) in [6.07, 6.45) is 0. The molecule has 0 unspecified atom stereocenters. The number of hydrogen-bond donors (Lipinski definition) is 1. The van der Waals surface area contributed by atoms with Gasteiger partial charge >= 0.3 is 7.48 Å². The average Bonchev–Trinajstić information content (AvgIpc) is 2.29. The van der Waals surface area contributed by atoms with Crippen LogP contribution in [0.1, 0.15) is 19.4 Å². The lowest BCUT2D eigenvalue weighted by molar-refractivity contribution is 0.128. The number of rotatable bonds is 0. The lowest BCUT2D eigenvalue weighted by Gasteiger charge is -2.20. The molecular weight excluding hydrogens is 151 g/mol. The van der Waals surface area contributed by atoms with Crippen molar-refractivity contribution in [2.75, 3.05) is 0 Å². The first-order valence-corrected chi connectivity index (χ1v) is 3.95. The van der Waals surface area contributed by atoms with Gasteiger partial charge in [0.1, 0.15) is 5.75 Å². The normalized spacial score (nSPS) is 18.5. The van der Waals surface area contributed by atoms with E-state index < -0.39 is 0 Å². The molecule has 0 aliphatic carbocycles. The molecule has 0 saturated heterocycles. The third-order valence-electron chi connectivity index (χ3n) is 2.16. The van der Waals surface area contributed by atoms with E-state index >= 15 is 0 Å². The van der Waals surface area contributed by atoms with Crippen LogP contribution in [0, 0.1) is 0 Å². The highest BCUT2D eigenvalue weighted by Gasteiger charge is 2.33. The molecule has 0 bridgehead atoms. The third-order valence-corrected chi connectivity index (χ3v) is 2.16. The van der Waals surface area contributed by atoms with Gasteiger partial charge in [-0.2, -0.15) is 0 Å². The smallest absolute Gasteiger partial charge is 0.331 e. The zero-order valence-electron chi connectivity index (χ0n) is 7.16. The molecule has 0 saturated carbocycles. The molecule has 1 aromatic rings. The third kappa shape index (κ3) is 0.933. The number of hydrogen-bond acceptors (Lipinski definition) is 2. The molecule has 1 aliphatic rings. The van der Waals surface area contributed by atoms with Gasteiger partial charge in [0.15, 0.2) is 0 Å². The first-order valence-electron chi connectivity index (χ1n) is 3.95. The molecule has 61 valence electrons. The van der Waals surface area contributed by atoms with Crippen LogP contribution in [-0.4, -0.2) is 12.6 Å². The Morgan fingerprint density at radius 2 is 2.17 bits per heavy atom. The van der Waals surface area contributed by atoms with Crippen LogP contribution in [0.25, 0.3) is 0 Å². The van der Waals surface area contributed by atoms with E-state index in [1.165, 1.54) is 0 Å². The van der Waals surface area contributed by atoms with Gasteiger partial charge < -0.3 is 9.76 Å². The van der Waals surface area contributed by atoms with Crippen molar-refractivity contribution in [2.45, 2.75) is 19.4 Å². The van der Waals surface area contributed by atoms with Gasteiger partial charge in [0.25, 0.3) is 0 Å². The van der Waals surface area contributed by atoms with Crippen LogP contribution in [0.5, 0.6) is 5.75 Å². The fraction of sp³-hybridized carbons (Fsp3) is 0.333. The van der Waals surface area contributed by atoms with E-state index in [-0.39, 0.29) is 5.60 Å². The molecule has 1 heterocycles. The maximum absolute atomic E-state index is 9.57. The van der Waals surface area contributed by atoms with Crippen molar-refractivity contribution in [1.82, 2.24) is 0 Å². The molecule has 12 heavy (non-hydrogen) atoms. The summed E-state index contributed by atoms with van der Waals surface area (Å²) in [6, 6.07) is 5.43. The van der Waals surface area contributed by atoms with Crippen molar-refractivity contribution in [1.29, 1.82) is 0 Å². The molecule has 2 rings (SSSR count). The largest absolute Gasteiger partial charge is 0.508 e. The highest BCUT2D eigenvalue weighted by atomic mass is 16.5.